The lowest BCUT2D eigenvalue weighted by atomic mass is 9.98. The molecule has 0 aliphatic carbocycles. The molecule has 1 fully saturated rings. The number of nitro benzene ring substituents is 1. The number of ketones is 1. The SMILES string of the molecule is CCOc1ccc(C(=O)c2ccc(N3CCCC(C)C3)c([N+](=O)[O-])c2)cc1. The lowest BCUT2D eigenvalue weighted by molar-refractivity contribution is -0.384. The van der Waals surface area contributed by atoms with Gasteiger partial charge in [-0.15, -0.1) is 0 Å². The van der Waals surface area contributed by atoms with E-state index >= 15 is 0 Å². The first kappa shape index (κ1) is 18.9. The van der Waals surface area contributed by atoms with E-state index in [2.05, 4.69) is 11.8 Å². The molecule has 0 aromatic heterocycles. The van der Waals surface area contributed by atoms with Crippen LogP contribution in [0.15, 0.2) is 42.5 Å². The minimum Gasteiger partial charge on any atom is -0.494 e. The van der Waals surface area contributed by atoms with E-state index in [4.69, 9.17) is 4.74 Å². The summed E-state index contributed by atoms with van der Waals surface area (Å²) < 4.78 is 5.38. The number of anilines is 1. The van der Waals surface area contributed by atoms with E-state index in [-0.39, 0.29) is 11.5 Å². The van der Waals surface area contributed by atoms with Gasteiger partial charge in [0.2, 0.25) is 0 Å². The van der Waals surface area contributed by atoms with Crippen LogP contribution < -0.4 is 9.64 Å². The van der Waals surface area contributed by atoms with Crippen molar-refractivity contribution in [3.8, 4) is 5.75 Å². The Morgan fingerprint density at radius 2 is 1.93 bits per heavy atom. The number of nitro groups is 1. The number of carbonyl (C=O) groups is 1. The van der Waals surface area contributed by atoms with Gasteiger partial charge in [-0.25, -0.2) is 0 Å². The fourth-order valence-electron chi connectivity index (χ4n) is 3.52. The zero-order valence-electron chi connectivity index (χ0n) is 15.7. The summed E-state index contributed by atoms with van der Waals surface area (Å²) in [4.78, 5) is 26.0. The quantitative estimate of drug-likeness (QED) is 0.427. The smallest absolute Gasteiger partial charge is 0.293 e. The standard InChI is InChI=1S/C21H24N2O4/c1-3-27-18-9-6-16(7-10-18)21(24)17-8-11-19(20(13-17)23(25)26)22-12-4-5-15(2)14-22/h6-11,13,15H,3-5,12,14H2,1-2H3. The van der Waals surface area contributed by atoms with Crippen molar-refractivity contribution < 1.29 is 14.5 Å². The number of nitrogens with zero attached hydrogens (tertiary/aromatic N) is 2. The second-order valence-electron chi connectivity index (χ2n) is 6.94. The molecule has 0 N–H and O–H groups in total. The number of hydrogen-bond donors (Lipinski definition) is 0. The van der Waals surface area contributed by atoms with E-state index < -0.39 is 4.92 Å². The average molecular weight is 368 g/mol. The Morgan fingerprint density at radius 3 is 2.56 bits per heavy atom. The molecule has 2 aromatic rings. The maximum Gasteiger partial charge on any atom is 0.293 e. The van der Waals surface area contributed by atoms with Gasteiger partial charge in [-0.05, 0) is 62.1 Å². The second kappa shape index (κ2) is 8.20. The molecule has 2 aromatic carbocycles. The molecule has 1 atom stereocenters. The van der Waals surface area contributed by atoms with Crippen LogP contribution in [0.2, 0.25) is 0 Å². The summed E-state index contributed by atoms with van der Waals surface area (Å²) >= 11 is 0. The van der Waals surface area contributed by atoms with Gasteiger partial charge in [0, 0.05) is 30.3 Å². The van der Waals surface area contributed by atoms with Gasteiger partial charge in [-0.3, -0.25) is 14.9 Å². The summed E-state index contributed by atoms with van der Waals surface area (Å²) in [5.41, 5.74) is 1.38. The van der Waals surface area contributed by atoms with E-state index in [1.54, 1.807) is 36.4 Å². The van der Waals surface area contributed by atoms with Gasteiger partial charge < -0.3 is 9.64 Å². The Kier molecular flexibility index (Phi) is 5.74. The molecule has 6 heteroatoms. The van der Waals surface area contributed by atoms with Crippen LogP contribution in [0.1, 0.15) is 42.6 Å². The molecule has 1 aliphatic heterocycles. The third-order valence-electron chi connectivity index (χ3n) is 4.86. The van der Waals surface area contributed by atoms with Crippen molar-refractivity contribution in [3.05, 3.63) is 63.7 Å². The Labute approximate surface area is 158 Å². The number of benzene rings is 2. The largest absolute Gasteiger partial charge is 0.494 e. The Bertz CT molecular complexity index is 833. The van der Waals surface area contributed by atoms with Gasteiger partial charge in [-0.2, -0.15) is 0 Å². The average Bonchev–Trinajstić information content (AvgIpc) is 2.68. The molecule has 3 rings (SSSR count). The lowest BCUT2D eigenvalue weighted by Gasteiger charge is -2.32. The van der Waals surface area contributed by atoms with E-state index in [1.807, 2.05) is 6.92 Å². The van der Waals surface area contributed by atoms with Crippen molar-refractivity contribution in [1.29, 1.82) is 0 Å². The number of ether oxygens (including phenoxy) is 1. The molecule has 1 heterocycles. The van der Waals surface area contributed by atoms with Crippen molar-refractivity contribution in [2.75, 3.05) is 24.6 Å². The van der Waals surface area contributed by atoms with Crippen molar-refractivity contribution in [3.63, 3.8) is 0 Å². The summed E-state index contributed by atoms with van der Waals surface area (Å²) in [7, 11) is 0. The molecule has 0 amide bonds. The fraction of sp³-hybridized carbons (Fsp3) is 0.381. The molecule has 0 spiro atoms. The van der Waals surface area contributed by atoms with E-state index in [0.29, 0.717) is 35.1 Å². The Balaban J connectivity index is 1.89. The second-order valence-corrected chi connectivity index (χ2v) is 6.94. The third-order valence-corrected chi connectivity index (χ3v) is 4.86. The number of carbonyl (C=O) groups excluding carboxylic acids is 1. The summed E-state index contributed by atoms with van der Waals surface area (Å²) in [6.45, 7) is 6.20. The van der Waals surface area contributed by atoms with Crippen LogP contribution in [0.3, 0.4) is 0 Å². The molecule has 0 saturated carbocycles. The molecule has 6 nitrogen and oxygen atoms in total. The van der Waals surface area contributed by atoms with Gasteiger partial charge in [0.15, 0.2) is 5.78 Å². The zero-order chi connectivity index (χ0) is 19.4. The van der Waals surface area contributed by atoms with Crippen LogP contribution >= 0.6 is 0 Å². The van der Waals surface area contributed by atoms with E-state index in [1.165, 1.54) is 6.07 Å². The predicted octanol–water partition coefficient (Wildman–Crippen LogP) is 4.46. The minimum atomic E-state index is -0.399. The Morgan fingerprint density at radius 1 is 1.22 bits per heavy atom. The van der Waals surface area contributed by atoms with Gasteiger partial charge in [-0.1, -0.05) is 6.92 Å². The third kappa shape index (κ3) is 4.27. The molecule has 0 bridgehead atoms. The van der Waals surface area contributed by atoms with Crippen molar-refractivity contribution in [1.82, 2.24) is 0 Å². The number of hydrogen-bond acceptors (Lipinski definition) is 5. The normalized spacial score (nSPS) is 16.8. The van der Waals surface area contributed by atoms with Gasteiger partial charge in [0.05, 0.1) is 11.5 Å². The monoisotopic (exact) mass is 368 g/mol. The van der Waals surface area contributed by atoms with Crippen LogP contribution in [0.25, 0.3) is 0 Å². The molecule has 1 saturated heterocycles. The minimum absolute atomic E-state index is 0.0131. The molecule has 1 aliphatic rings. The summed E-state index contributed by atoms with van der Waals surface area (Å²) in [5, 5.41) is 11.6. The molecular formula is C21H24N2O4. The molecule has 0 radical (unpaired) electrons. The highest BCUT2D eigenvalue weighted by atomic mass is 16.6. The van der Waals surface area contributed by atoms with Crippen LogP contribution in [0, 0.1) is 16.0 Å². The van der Waals surface area contributed by atoms with Crippen LogP contribution in [0.4, 0.5) is 11.4 Å². The number of piperidine rings is 1. The first-order valence-corrected chi connectivity index (χ1v) is 9.30. The van der Waals surface area contributed by atoms with Gasteiger partial charge in [0.1, 0.15) is 11.4 Å². The lowest BCUT2D eigenvalue weighted by Crippen LogP contribution is -2.34. The maximum atomic E-state index is 12.8. The van der Waals surface area contributed by atoms with Crippen LogP contribution in [-0.2, 0) is 0 Å². The molecule has 27 heavy (non-hydrogen) atoms. The first-order chi connectivity index (χ1) is 13.0. The highest BCUT2D eigenvalue weighted by Crippen LogP contribution is 2.33. The van der Waals surface area contributed by atoms with E-state index in [9.17, 15) is 14.9 Å². The van der Waals surface area contributed by atoms with Gasteiger partial charge in [0.25, 0.3) is 5.69 Å². The van der Waals surface area contributed by atoms with Crippen molar-refractivity contribution in [2.45, 2.75) is 26.7 Å². The fourth-order valence-corrected chi connectivity index (χ4v) is 3.52. The summed E-state index contributed by atoms with van der Waals surface area (Å²) in [6, 6.07) is 11.6. The highest BCUT2D eigenvalue weighted by molar-refractivity contribution is 6.09. The molecule has 1 unspecified atom stereocenters. The highest BCUT2D eigenvalue weighted by Gasteiger charge is 2.25. The van der Waals surface area contributed by atoms with Crippen molar-refractivity contribution in [2.24, 2.45) is 5.92 Å². The van der Waals surface area contributed by atoms with Crippen molar-refractivity contribution >= 4 is 17.2 Å². The van der Waals surface area contributed by atoms with Crippen LogP contribution in [0.5, 0.6) is 5.75 Å². The molecule has 142 valence electrons. The topological polar surface area (TPSA) is 72.7 Å². The predicted molar refractivity (Wildman–Crippen MR) is 105 cm³/mol. The van der Waals surface area contributed by atoms with E-state index in [0.717, 1.165) is 25.9 Å². The maximum absolute atomic E-state index is 12.8. The zero-order valence-corrected chi connectivity index (χ0v) is 15.7. The number of rotatable bonds is 6. The van der Waals surface area contributed by atoms with Crippen LogP contribution in [-0.4, -0.2) is 30.4 Å². The van der Waals surface area contributed by atoms with Gasteiger partial charge >= 0.3 is 0 Å². The molecular weight excluding hydrogens is 344 g/mol. The Hall–Kier alpha value is -2.89. The first-order valence-electron chi connectivity index (χ1n) is 9.30. The summed E-state index contributed by atoms with van der Waals surface area (Å²) in [5.74, 6) is 0.956. The summed E-state index contributed by atoms with van der Waals surface area (Å²) in [6.07, 6.45) is 2.16.